The number of rotatable bonds is 4. The van der Waals surface area contributed by atoms with Gasteiger partial charge in [0.05, 0.1) is 6.54 Å². The second-order valence-corrected chi connectivity index (χ2v) is 8.46. The Hall–Kier alpha value is -2.14. The Kier molecular flexibility index (Phi) is 5.81. The summed E-state index contributed by atoms with van der Waals surface area (Å²) in [5, 5.41) is 4.81. The summed E-state index contributed by atoms with van der Waals surface area (Å²) in [6.45, 7) is 3.14. The fourth-order valence-corrected chi connectivity index (χ4v) is 4.71. The third-order valence-corrected chi connectivity index (χ3v) is 6.26. The first-order chi connectivity index (χ1) is 13.6. The van der Waals surface area contributed by atoms with E-state index in [1.807, 2.05) is 20.2 Å². The third-order valence-electron chi connectivity index (χ3n) is 6.26. The molecule has 1 fully saturated rings. The largest absolute Gasteiger partial charge is 0.343 e. The zero-order valence-corrected chi connectivity index (χ0v) is 17.2. The number of fused-ring (bicyclic) bond motifs is 1. The van der Waals surface area contributed by atoms with E-state index < -0.39 is 0 Å². The minimum Gasteiger partial charge on any atom is -0.343 e. The molecule has 1 aromatic carbocycles. The summed E-state index contributed by atoms with van der Waals surface area (Å²) in [7, 11) is 3.64. The van der Waals surface area contributed by atoms with Crippen LogP contribution in [0.15, 0.2) is 30.3 Å². The van der Waals surface area contributed by atoms with Crippen LogP contribution in [0.1, 0.15) is 59.4 Å². The van der Waals surface area contributed by atoms with Gasteiger partial charge in [-0.3, -0.25) is 9.48 Å². The third kappa shape index (κ3) is 4.00. The highest BCUT2D eigenvalue weighted by molar-refractivity contribution is 5.93. The lowest BCUT2D eigenvalue weighted by molar-refractivity contribution is 0.0819. The maximum Gasteiger partial charge on any atom is 0.274 e. The first kappa shape index (κ1) is 19.2. The SMILES string of the molecule is CN(C)C(=O)c1nn(Cc2ccccc2)c2c1CC(N1CCCCCC1)CC2. The molecule has 5 heteroatoms. The normalized spacial score (nSPS) is 20.4. The summed E-state index contributed by atoms with van der Waals surface area (Å²) < 4.78 is 2.08. The molecule has 150 valence electrons. The van der Waals surface area contributed by atoms with Gasteiger partial charge in [-0.25, -0.2) is 0 Å². The first-order valence-electron chi connectivity index (χ1n) is 10.7. The van der Waals surface area contributed by atoms with Crippen LogP contribution in [0.2, 0.25) is 0 Å². The van der Waals surface area contributed by atoms with E-state index in [1.165, 1.54) is 62.0 Å². The highest BCUT2D eigenvalue weighted by Gasteiger charge is 2.32. The van der Waals surface area contributed by atoms with E-state index in [0.717, 1.165) is 19.4 Å². The number of hydrogen-bond acceptors (Lipinski definition) is 3. The van der Waals surface area contributed by atoms with E-state index in [0.29, 0.717) is 11.7 Å². The van der Waals surface area contributed by atoms with Crippen LogP contribution in [-0.2, 0) is 19.4 Å². The van der Waals surface area contributed by atoms with Crippen LogP contribution in [-0.4, -0.2) is 58.7 Å². The smallest absolute Gasteiger partial charge is 0.274 e. The fourth-order valence-electron chi connectivity index (χ4n) is 4.71. The second-order valence-electron chi connectivity index (χ2n) is 8.46. The number of benzene rings is 1. The molecule has 0 spiro atoms. The number of likely N-dealkylation sites (tertiary alicyclic amines) is 1. The van der Waals surface area contributed by atoms with Gasteiger partial charge in [-0.2, -0.15) is 5.10 Å². The minimum atomic E-state index is 0.0274. The maximum absolute atomic E-state index is 12.9. The van der Waals surface area contributed by atoms with Gasteiger partial charge in [-0.05, 0) is 50.8 Å². The molecule has 1 aliphatic carbocycles. The number of hydrogen-bond donors (Lipinski definition) is 0. The molecule has 1 saturated heterocycles. The molecule has 0 bridgehead atoms. The molecular formula is C23H32N4O. The Morgan fingerprint density at radius 3 is 2.50 bits per heavy atom. The Balaban J connectivity index is 1.63. The van der Waals surface area contributed by atoms with Gasteiger partial charge in [0, 0.05) is 31.4 Å². The van der Waals surface area contributed by atoms with E-state index >= 15 is 0 Å². The zero-order valence-electron chi connectivity index (χ0n) is 17.2. The molecule has 1 atom stereocenters. The van der Waals surface area contributed by atoms with Crippen LogP contribution in [0.25, 0.3) is 0 Å². The molecule has 0 N–H and O–H groups in total. The molecule has 28 heavy (non-hydrogen) atoms. The molecule has 0 radical (unpaired) electrons. The van der Waals surface area contributed by atoms with E-state index in [2.05, 4.69) is 33.8 Å². The zero-order chi connectivity index (χ0) is 19.5. The molecule has 1 aromatic heterocycles. The minimum absolute atomic E-state index is 0.0274. The quantitative estimate of drug-likeness (QED) is 0.817. The molecule has 0 saturated carbocycles. The van der Waals surface area contributed by atoms with Crippen molar-refractivity contribution in [2.75, 3.05) is 27.2 Å². The average Bonchev–Trinajstić information content (AvgIpc) is 2.88. The maximum atomic E-state index is 12.9. The highest BCUT2D eigenvalue weighted by atomic mass is 16.2. The lowest BCUT2D eigenvalue weighted by atomic mass is 9.89. The standard InChI is InChI=1S/C23H32N4O/c1-25(2)23(28)22-20-16-19(26-14-8-3-4-9-15-26)12-13-21(20)27(24-22)17-18-10-6-5-7-11-18/h5-7,10-11,19H,3-4,8-9,12-17H2,1-2H3. The molecule has 5 nitrogen and oxygen atoms in total. The number of carbonyl (C=O) groups excluding carboxylic acids is 1. The molecule has 2 aliphatic rings. The van der Waals surface area contributed by atoms with Gasteiger partial charge in [-0.15, -0.1) is 0 Å². The average molecular weight is 381 g/mol. The van der Waals surface area contributed by atoms with Crippen LogP contribution in [0.5, 0.6) is 0 Å². The number of carbonyl (C=O) groups is 1. The summed E-state index contributed by atoms with van der Waals surface area (Å²) in [5.74, 6) is 0.0274. The summed E-state index contributed by atoms with van der Waals surface area (Å²) in [5.41, 5.74) is 4.34. The Morgan fingerprint density at radius 1 is 1.11 bits per heavy atom. The van der Waals surface area contributed by atoms with Crippen LogP contribution < -0.4 is 0 Å². The second kappa shape index (κ2) is 8.48. The van der Waals surface area contributed by atoms with Crippen molar-refractivity contribution in [3.63, 3.8) is 0 Å². The molecule has 1 amide bonds. The topological polar surface area (TPSA) is 41.4 Å². The van der Waals surface area contributed by atoms with Gasteiger partial charge in [0.1, 0.15) is 0 Å². The van der Waals surface area contributed by atoms with Crippen LogP contribution in [0.3, 0.4) is 0 Å². The van der Waals surface area contributed by atoms with E-state index in [9.17, 15) is 4.79 Å². The van der Waals surface area contributed by atoms with Crippen molar-refractivity contribution in [2.45, 2.75) is 57.5 Å². The summed E-state index contributed by atoms with van der Waals surface area (Å²) in [6, 6.07) is 11.0. The number of nitrogens with zero attached hydrogens (tertiary/aromatic N) is 4. The Morgan fingerprint density at radius 2 is 1.82 bits per heavy atom. The van der Waals surface area contributed by atoms with Gasteiger partial charge < -0.3 is 9.80 Å². The van der Waals surface area contributed by atoms with Crippen molar-refractivity contribution in [2.24, 2.45) is 0 Å². The molecule has 2 aromatic rings. The molecule has 1 aliphatic heterocycles. The molecular weight excluding hydrogens is 348 g/mol. The van der Waals surface area contributed by atoms with Crippen molar-refractivity contribution in [1.82, 2.24) is 19.6 Å². The lowest BCUT2D eigenvalue weighted by Gasteiger charge is -2.34. The summed E-state index contributed by atoms with van der Waals surface area (Å²) in [6.07, 6.45) is 8.46. The van der Waals surface area contributed by atoms with E-state index in [1.54, 1.807) is 4.90 Å². The number of aromatic nitrogens is 2. The van der Waals surface area contributed by atoms with Gasteiger partial charge in [-0.1, -0.05) is 43.2 Å². The van der Waals surface area contributed by atoms with Gasteiger partial charge in [0.2, 0.25) is 0 Å². The predicted octanol–water partition coefficient (Wildman–Crippen LogP) is 3.37. The first-order valence-corrected chi connectivity index (χ1v) is 10.7. The highest BCUT2D eigenvalue weighted by Crippen LogP contribution is 2.29. The molecule has 4 rings (SSSR count). The van der Waals surface area contributed by atoms with Crippen molar-refractivity contribution >= 4 is 5.91 Å². The lowest BCUT2D eigenvalue weighted by Crippen LogP contribution is -2.40. The van der Waals surface area contributed by atoms with Gasteiger partial charge >= 0.3 is 0 Å². The van der Waals surface area contributed by atoms with Crippen LogP contribution in [0.4, 0.5) is 0 Å². The van der Waals surface area contributed by atoms with Crippen molar-refractivity contribution in [3.05, 3.63) is 52.8 Å². The van der Waals surface area contributed by atoms with Gasteiger partial charge in [0.25, 0.3) is 5.91 Å². The summed E-state index contributed by atoms with van der Waals surface area (Å²) >= 11 is 0. The number of amides is 1. The fraction of sp³-hybridized carbons (Fsp3) is 0.565. The van der Waals surface area contributed by atoms with Crippen molar-refractivity contribution in [1.29, 1.82) is 0 Å². The molecule has 1 unspecified atom stereocenters. The van der Waals surface area contributed by atoms with E-state index in [-0.39, 0.29) is 5.91 Å². The Bertz CT molecular complexity index is 804. The Labute approximate surface area is 168 Å². The monoisotopic (exact) mass is 380 g/mol. The van der Waals surface area contributed by atoms with Crippen LogP contribution >= 0.6 is 0 Å². The molecule has 2 heterocycles. The van der Waals surface area contributed by atoms with Gasteiger partial charge in [0.15, 0.2) is 5.69 Å². The van der Waals surface area contributed by atoms with Crippen LogP contribution in [0, 0.1) is 0 Å². The van der Waals surface area contributed by atoms with E-state index in [4.69, 9.17) is 5.10 Å². The van der Waals surface area contributed by atoms with Crippen molar-refractivity contribution < 1.29 is 4.79 Å². The summed E-state index contributed by atoms with van der Waals surface area (Å²) in [4.78, 5) is 17.2. The predicted molar refractivity (Wildman–Crippen MR) is 112 cm³/mol. The van der Waals surface area contributed by atoms with Crippen molar-refractivity contribution in [3.8, 4) is 0 Å².